The molecule has 0 aromatic carbocycles. The van der Waals surface area contributed by atoms with Gasteiger partial charge in [-0.05, 0) is 23.6 Å². The molecular weight excluding hydrogens is 270 g/mol. The van der Waals surface area contributed by atoms with Gasteiger partial charge < -0.3 is 4.98 Å². The number of nitrogens with zero attached hydrogens (tertiary/aromatic N) is 4. The van der Waals surface area contributed by atoms with Crippen LogP contribution in [0.2, 0.25) is 0 Å². The molecule has 4 heterocycles. The molecule has 6 heteroatoms. The van der Waals surface area contributed by atoms with Crippen LogP contribution < -0.4 is 0 Å². The molecule has 4 aromatic rings. The summed E-state index contributed by atoms with van der Waals surface area (Å²) < 4.78 is 1.91. The number of fused-ring (bicyclic) bond motifs is 1. The minimum Gasteiger partial charge on any atom is -0.335 e. The van der Waals surface area contributed by atoms with Crippen molar-refractivity contribution < 1.29 is 0 Å². The Morgan fingerprint density at radius 1 is 1.20 bits per heavy atom. The van der Waals surface area contributed by atoms with Crippen molar-refractivity contribution in [2.24, 2.45) is 0 Å². The molecule has 0 spiro atoms. The molecule has 1 N–H and O–H groups in total. The molecule has 0 aliphatic heterocycles. The van der Waals surface area contributed by atoms with Crippen LogP contribution in [0.1, 0.15) is 4.88 Å². The Kier molecular flexibility index (Phi) is 2.60. The molecule has 0 saturated heterocycles. The van der Waals surface area contributed by atoms with Crippen LogP contribution in [0.25, 0.3) is 22.6 Å². The van der Waals surface area contributed by atoms with Gasteiger partial charge in [-0.2, -0.15) is 5.10 Å². The number of hydrogen-bond donors (Lipinski definition) is 1. The van der Waals surface area contributed by atoms with Gasteiger partial charge in [0.2, 0.25) is 0 Å². The summed E-state index contributed by atoms with van der Waals surface area (Å²) in [5.74, 6) is 0.824. The standard InChI is InChI=1S/C14H11N5S/c1-3-10(7-15-5-1)13-17-12-8-16-19(14(12)18-13)9-11-4-2-6-20-11/h1-8H,9H2,(H,17,18). The highest BCUT2D eigenvalue weighted by atomic mass is 32.1. The number of aromatic amines is 1. The van der Waals surface area contributed by atoms with E-state index in [1.165, 1.54) is 4.88 Å². The third-order valence-electron chi connectivity index (χ3n) is 3.10. The van der Waals surface area contributed by atoms with Gasteiger partial charge in [0.05, 0.1) is 12.7 Å². The highest BCUT2D eigenvalue weighted by molar-refractivity contribution is 7.09. The Balaban J connectivity index is 1.75. The lowest BCUT2D eigenvalue weighted by atomic mass is 10.3. The third-order valence-corrected chi connectivity index (χ3v) is 3.96. The number of hydrogen-bond acceptors (Lipinski definition) is 4. The molecule has 5 nitrogen and oxygen atoms in total. The number of thiophene rings is 1. The first kappa shape index (κ1) is 11.4. The van der Waals surface area contributed by atoms with Crippen LogP contribution in [0.4, 0.5) is 0 Å². The molecule has 0 aliphatic carbocycles. The van der Waals surface area contributed by atoms with E-state index in [9.17, 15) is 0 Å². The van der Waals surface area contributed by atoms with Crippen molar-refractivity contribution >= 4 is 22.5 Å². The van der Waals surface area contributed by atoms with Crippen molar-refractivity contribution in [3.8, 4) is 11.4 Å². The zero-order valence-corrected chi connectivity index (χ0v) is 11.3. The van der Waals surface area contributed by atoms with E-state index in [0.29, 0.717) is 0 Å². The topological polar surface area (TPSA) is 59.4 Å². The number of nitrogens with one attached hydrogen (secondary N) is 1. The van der Waals surface area contributed by atoms with E-state index in [1.807, 2.05) is 29.1 Å². The van der Waals surface area contributed by atoms with Crippen molar-refractivity contribution in [1.82, 2.24) is 24.7 Å². The second-order valence-electron chi connectivity index (χ2n) is 4.45. The third kappa shape index (κ3) is 1.90. The van der Waals surface area contributed by atoms with E-state index >= 15 is 0 Å². The molecule has 98 valence electrons. The minimum absolute atomic E-state index is 0.749. The number of rotatable bonds is 3. The number of pyridine rings is 1. The largest absolute Gasteiger partial charge is 0.335 e. The quantitative estimate of drug-likeness (QED) is 0.628. The zero-order valence-electron chi connectivity index (χ0n) is 10.5. The smallest absolute Gasteiger partial charge is 0.177 e. The summed E-state index contributed by atoms with van der Waals surface area (Å²) in [7, 11) is 0. The van der Waals surface area contributed by atoms with E-state index < -0.39 is 0 Å². The summed E-state index contributed by atoms with van der Waals surface area (Å²) in [5.41, 5.74) is 2.80. The first-order valence-electron chi connectivity index (χ1n) is 6.24. The van der Waals surface area contributed by atoms with Gasteiger partial charge in [-0.15, -0.1) is 11.3 Å². The predicted molar refractivity (Wildman–Crippen MR) is 78.5 cm³/mol. The Labute approximate surface area is 118 Å². The van der Waals surface area contributed by atoms with Gasteiger partial charge in [0.15, 0.2) is 5.65 Å². The van der Waals surface area contributed by atoms with Crippen molar-refractivity contribution in [2.75, 3.05) is 0 Å². The van der Waals surface area contributed by atoms with Crippen LogP contribution in [0.15, 0.2) is 48.2 Å². The normalized spacial score (nSPS) is 11.2. The van der Waals surface area contributed by atoms with Gasteiger partial charge in [-0.25, -0.2) is 9.67 Å². The van der Waals surface area contributed by atoms with Crippen LogP contribution in [-0.2, 0) is 6.54 Å². The average Bonchev–Trinajstić information content (AvgIpc) is 3.19. The van der Waals surface area contributed by atoms with Gasteiger partial charge in [0, 0.05) is 22.8 Å². The molecule has 0 fully saturated rings. The molecule has 4 rings (SSSR count). The molecular formula is C14H11N5S. The summed E-state index contributed by atoms with van der Waals surface area (Å²) >= 11 is 1.72. The Bertz CT molecular complexity index is 829. The lowest BCUT2D eigenvalue weighted by Gasteiger charge is -1.98. The number of aromatic nitrogens is 5. The molecule has 0 atom stereocenters. The Morgan fingerprint density at radius 2 is 2.20 bits per heavy atom. The second kappa shape index (κ2) is 4.57. The summed E-state index contributed by atoms with van der Waals surface area (Å²) in [6.45, 7) is 0.749. The molecule has 0 radical (unpaired) electrons. The fraction of sp³-hybridized carbons (Fsp3) is 0.0714. The van der Waals surface area contributed by atoms with E-state index in [0.717, 1.165) is 29.1 Å². The molecule has 0 amide bonds. The van der Waals surface area contributed by atoms with E-state index in [1.54, 1.807) is 23.7 Å². The fourth-order valence-electron chi connectivity index (χ4n) is 2.15. The maximum absolute atomic E-state index is 4.63. The van der Waals surface area contributed by atoms with E-state index in [2.05, 4.69) is 31.5 Å². The van der Waals surface area contributed by atoms with Gasteiger partial charge in [-0.3, -0.25) is 4.98 Å². The van der Waals surface area contributed by atoms with Gasteiger partial charge in [0.1, 0.15) is 11.3 Å². The zero-order chi connectivity index (χ0) is 13.4. The molecule has 4 aromatic heterocycles. The van der Waals surface area contributed by atoms with E-state index in [-0.39, 0.29) is 0 Å². The van der Waals surface area contributed by atoms with Crippen molar-refractivity contribution in [1.29, 1.82) is 0 Å². The van der Waals surface area contributed by atoms with Crippen LogP contribution in [0, 0.1) is 0 Å². The van der Waals surface area contributed by atoms with Crippen LogP contribution in [0.3, 0.4) is 0 Å². The monoisotopic (exact) mass is 281 g/mol. The van der Waals surface area contributed by atoms with E-state index in [4.69, 9.17) is 0 Å². The summed E-state index contributed by atoms with van der Waals surface area (Å²) in [6, 6.07) is 8.04. The SMILES string of the molecule is c1cncc(-c2nc3c(cnn3Cc3cccs3)[nH]2)c1. The lowest BCUT2D eigenvalue weighted by Crippen LogP contribution is -2.00. The Hall–Kier alpha value is -2.47. The summed E-state index contributed by atoms with van der Waals surface area (Å²) in [5, 5.41) is 6.45. The minimum atomic E-state index is 0.749. The highest BCUT2D eigenvalue weighted by Crippen LogP contribution is 2.20. The van der Waals surface area contributed by atoms with Crippen molar-refractivity contribution in [2.45, 2.75) is 6.54 Å². The van der Waals surface area contributed by atoms with Crippen LogP contribution in [-0.4, -0.2) is 24.7 Å². The number of imidazole rings is 1. The van der Waals surface area contributed by atoms with Gasteiger partial charge in [-0.1, -0.05) is 6.07 Å². The lowest BCUT2D eigenvalue weighted by molar-refractivity contribution is 0.713. The molecule has 0 bridgehead atoms. The van der Waals surface area contributed by atoms with Gasteiger partial charge >= 0.3 is 0 Å². The average molecular weight is 281 g/mol. The molecule has 0 saturated carbocycles. The maximum atomic E-state index is 4.63. The fourth-order valence-corrected chi connectivity index (χ4v) is 2.84. The predicted octanol–water partition coefficient (Wildman–Crippen LogP) is 2.93. The van der Waals surface area contributed by atoms with Gasteiger partial charge in [0.25, 0.3) is 0 Å². The number of H-pyrrole nitrogens is 1. The second-order valence-corrected chi connectivity index (χ2v) is 5.48. The first-order chi connectivity index (χ1) is 9.90. The van der Waals surface area contributed by atoms with Crippen molar-refractivity contribution in [3.05, 3.63) is 53.1 Å². The summed E-state index contributed by atoms with van der Waals surface area (Å²) in [4.78, 5) is 13.3. The Morgan fingerprint density at radius 3 is 3.00 bits per heavy atom. The molecule has 0 aliphatic rings. The summed E-state index contributed by atoms with van der Waals surface area (Å²) in [6.07, 6.45) is 5.37. The van der Waals surface area contributed by atoms with Crippen molar-refractivity contribution in [3.63, 3.8) is 0 Å². The van der Waals surface area contributed by atoms with Crippen LogP contribution >= 0.6 is 11.3 Å². The molecule has 0 unspecified atom stereocenters. The molecule has 20 heavy (non-hydrogen) atoms. The highest BCUT2D eigenvalue weighted by Gasteiger charge is 2.11. The van der Waals surface area contributed by atoms with Crippen LogP contribution in [0.5, 0.6) is 0 Å². The first-order valence-corrected chi connectivity index (χ1v) is 7.12. The maximum Gasteiger partial charge on any atom is 0.177 e.